The predicted octanol–water partition coefficient (Wildman–Crippen LogP) is 3.43. The summed E-state index contributed by atoms with van der Waals surface area (Å²) in [6.45, 7) is 2.10. The molecule has 1 atom stereocenters. The molecule has 1 N–H and O–H groups in total. The third kappa shape index (κ3) is 1.82. The summed E-state index contributed by atoms with van der Waals surface area (Å²) >= 11 is 2.33. The Bertz CT molecular complexity index is 331. The van der Waals surface area contributed by atoms with Crippen molar-refractivity contribution in [2.45, 2.75) is 32.3 Å². The van der Waals surface area contributed by atoms with E-state index in [4.69, 9.17) is 0 Å². The lowest BCUT2D eigenvalue weighted by molar-refractivity contribution is 0.0614. The van der Waals surface area contributed by atoms with E-state index < -0.39 is 0 Å². The largest absolute Gasteiger partial charge is 0.388 e. The fourth-order valence-electron chi connectivity index (χ4n) is 1.91. The van der Waals surface area contributed by atoms with E-state index in [9.17, 15) is 5.11 Å². The first-order chi connectivity index (χ1) is 6.70. The molecule has 1 aliphatic carbocycles. The van der Waals surface area contributed by atoms with Crippen molar-refractivity contribution in [2.75, 3.05) is 0 Å². The Labute approximate surface area is 98.7 Å². The highest BCUT2D eigenvalue weighted by atomic mass is 127. The van der Waals surface area contributed by atoms with Crippen molar-refractivity contribution < 1.29 is 5.11 Å². The number of hydrogen-bond acceptors (Lipinski definition) is 1. The average molecular weight is 302 g/mol. The lowest BCUT2D eigenvalue weighted by Crippen LogP contribution is -2.20. The summed E-state index contributed by atoms with van der Waals surface area (Å²) in [4.78, 5) is 0. The molecule has 0 bridgehead atoms. The number of rotatable bonds is 2. The Morgan fingerprint density at radius 1 is 1.43 bits per heavy atom. The van der Waals surface area contributed by atoms with E-state index in [1.165, 1.54) is 28.4 Å². The Morgan fingerprint density at radius 2 is 2.14 bits per heavy atom. The highest BCUT2D eigenvalue weighted by Gasteiger charge is 2.27. The lowest BCUT2D eigenvalue weighted by Gasteiger charge is -2.31. The molecule has 0 aromatic heterocycles. The van der Waals surface area contributed by atoms with Gasteiger partial charge in [-0.25, -0.2) is 0 Å². The molecule has 0 saturated heterocycles. The summed E-state index contributed by atoms with van der Waals surface area (Å²) in [6.07, 6.45) is 3.41. The molecule has 76 valence electrons. The van der Waals surface area contributed by atoms with Crippen LogP contribution < -0.4 is 0 Å². The van der Waals surface area contributed by atoms with Crippen LogP contribution in [0, 0.1) is 16.4 Å². The minimum Gasteiger partial charge on any atom is -0.388 e. The molecule has 1 aromatic carbocycles. The van der Waals surface area contributed by atoms with Gasteiger partial charge >= 0.3 is 0 Å². The van der Waals surface area contributed by atoms with Gasteiger partial charge in [0.25, 0.3) is 0 Å². The van der Waals surface area contributed by atoms with Crippen molar-refractivity contribution in [3.05, 3.63) is 32.9 Å². The molecule has 0 spiro atoms. The third-order valence-corrected chi connectivity index (χ3v) is 4.61. The zero-order chi connectivity index (χ0) is 10.1. The number of halogens is 1. The summed E-state index contributed by atoms with van der Waals surface area (Å²) in [6, 6.07) is 6.19. The van der Waals surface area contributed by atoms with Gasteiger partial charge in [-0.15, -0.1) is 0 Å². The number of aryl methyl sites for hydroxylation is 1. The average Bonchev–Trinajstić information content (AvgIpc) is 2.06. The third-order valence-electron chi connectivity index (χ3n) is 3.14. The smallest absolute Gasteiger partial charge is 0.0828 e. The van der Waals surface area contributed by atoms with Crippen LogP contribution in [0.2, 0.25) is 0 Å². The topological polar surface area (TPSA) is 20.2 Å². The maximum Gasteiger partial charge on any atom is 0.0828 e. The Kier molecular flexibility index (Phi) is 3.12. The maximum atomic E-state index is 10.1. The van der Waals surface area contributed by atoms with Gasteiger partial charge in [-0.3, -0.25) is 0 Å². The first kappa shape index (κ1) is 10.4. The second-order valence-electron chi connectivity index (χ2n) is 4.11. The van der Waals surface area contributed by atoms with Crippen molar-refractivity contribution in [3.8, 4) is 0 Å². The number of aliphatic hydroxyl groups is 1. The van der Waals surface area contributed by atoms with Gasteiger partial charge in [0.05, 0.1) is 6.10 Å². The fraction of sp³-hybridized carbons (Fsp3) is 0.500. The fourth-order valence-corrected chi connectivity index (χ4v) is 2.59. The van der Waals surface area contributed by atoms with Gasteiger partial charge in [0.2, 0.25) is 0 Å². The van der Waals surface area contributed by atoms with Crippen LogP contribution in [0.5, 0.6) is 0 Å². The van der Waals surface area contributed by atoms with Crippen LogP contribution in [0.4, 0.5) is 0 Å². The molecular formula is C12H15IO. The molecule has 14 heavy (non-hydrogen) atoms. The normalized spacial score (nSPS) is 19.1. The molecule has 0 heterocycles. The Morgan fingerprint density at radius 3 is 2.71 bits per heavy atom. The molecule has 1 aromatic rings. The van der Waals surface area contributed by atoms with Crippen molar-refractivity contribution in [1.29, 1.82) is 0 Å². The van der Waals surface area contributed by atoms with Gasteiger partial charge < -0.3 is 5.11 Å². The lowest BCUT2D eigenvalue weighted by atomic mass is 9.78. The number of benzene rings is 1. The molecule has 2 rings (SSSR count). The maximum absolute atomic E-state index is 10.1. The van der Waals surface area contributed by atoms with Gasteiger partial charge in [0, 0.05) is 3.57 Å². The minimum absolute atomic E-state index is 0.240. The molecule has 1 unspecified atom stereocenters. The molecular weight excluding hydrogens is 287 g/mol. The predicted molar refractivity (Wildman–Crippen MR) is 66.2 cm³/mol. The van der Waals surface area contributed by atoms with Crippen LogP contribution in [0.3, 0.4) is 0 Å². The second-order valence-corrected chi connectivity index (χ2v) is 5.19. The van der Waals surface area contributed by atoms with Crippen LogP contribution in [0.1, 0.15) is 36.5 Å². The minimum atomic E-state index is -0.240. The van der Waals surface area contributed by atoms with E-state index in [0.29, 0.717) is 5.92 Å². The van der Waals surface area contributed by atoms with E-state index in [0.717, 1.165) is 5.56 Å². The molecule has 2 heteroatoms. The molecule has 1 aliphatic rings. The SMILES string of the molecule is Cc1cccc(C(O)C2CCC2)c1I. The van der Waals surface area contributed by atoms with E-state index >= 15 is 0 Å². The summed E-state index contributed by atoms with van der Waals surface area (Å²) in [7, 11) is 0. The van der Waals surface area contributed by atoms with Crippen LogP contribution >= 0.6 is 22.6 Å². The zero-order valence-corrected chi connectivity index (χ0v) is 10.5. The molecule has 1 nitrogen and oxygen atoms in total. The zero-order valence-electron chi connectivity index (χ0n) is 8.33. The molecule has 0 radical (unpaired) electrons. The van der Waals surface area contributed by atoms with Crippen LogP contribution in [-0.2, 0) is 0 Å². The van der Waals surface area contributed by atoms with Gasteiger partial charge in [-0.05, 0) is 59.4 Å². The van der Waals surface area contributed by atoms with Crippen molar-refractivity contribution >= 4 is 22.6 Å². The molecule has 1 saturated carbocycles. The van der Waals surface area contributed by atoms with E-state index in [1.54, 1.807) is 0 Å². The standard InChI is InChI=1S/C12H15IO/c1-8-4-2-7-10(11(8)13)12(14)9-5-3-6-9/h2,4,7,9,12,14H,3,5-6H2,1H3. The first-order valence-corrected chi connectivity index (χ1v) is 6.21. The molecule has 1 fully saturated rings. The van der Waals surface area contributed by atoms with Crippen LogP contribution in [0.15, 0.2) is 18.2 Å². The molecule has 0 aliphatic heterocycles. The highest BCUT2D eigenvalue weighted by molar-refractivity contribution is 14.1. The Hall–Kier alpha value is -0.0900. The number of hydrogen-bond donors (Lipinski definition) is 1. The van der Waals surface area contributed by atoms with Gasteiger partial charge in [-0.1, -0.05) is 24.6 Å². The van der Waals surface area contributed by atoms with Gasteiger partial charge in [-0.2, -0.15) is 0 Å². The van der Waals surface area contributed by atoms with Gasteiger partial charge in [0.1, 0.15) is 0 Å². The van der Waals surface area contributed by atoms with Crippen molar-refractivity contribution in [2.24, 2.45) is 5.92 Å². The van der Waals surface area contributed by atoms with Crippen LogP contribution in [-0.4, -0.2) is 5.11 Å². The summed E-state index contributed by atoms with van der Waals surface area (Å²) in [5, 5.41) is 10.1. The van der Waals surface area contributed by atoms with Gasteiger partial charge in [0.15, 0.2) is 0 Å². The van der Waals surface area contributed by atoms with Crippen LogP contribution in [0.25, 0.3) is 0 Å². The summed E-state index contributed by atoms with van der Waals surface area (Å²) in [5.74, 6) is 0.505. The highest BCUT2D eigenvalue weighted by Crippen LogP contribution is 2.39. The Balaban J connectivity index is 2.26. The van der Waals surface area contributed by atoms with Crippen molar-refractivity contribution in [3.63, 3.8) is 0 Å². The quantitative estimate of drug-likeness (QED) is 0.830. The first-order valence-electron chi connectivity index (χ1n) is 5.13. The second kappa shape index (κ2) is 4.19. The summed E-state index contributed by atoms with van der Waals surface area (Å²) < 4.78 is 1.23. The number of aliphatic hydroxyl groups excluding tert-OH is 1. The van der Waals surface area contributed by atoms with E-state index in [2.05, 4.69) is 41.6 Å². The monoisotopic (exact) mass is 302 g/mol. The molecule has 0 amide bonds. The van der Waals surface area contributed by atoms with E-state index in [1.807, 2.05) is 6.07 Å². The van der Waals surface area contributed by atoms with E-state index in [-0.39, 0.29) is 6.10 Å². The summed E-state index contributed by atoms with van der Waals surface area (Å²) in [5.41, 5.74) is 2.39. The van der Waals surface area contributed by atoms with Crippen molar-refractivity contribution in [1.82, 2.24) is 0 Å².